The van der Waals surface area contributed by atoms with Crippen molar-refractivity contribution >= 4 is 39.4 Å². The van der Waals surface area contributed by atoms with Crippen molar-refractivity contribution < 1.29 is 23.5 Å². The number of halogens is 2. The fourth-order valence-electron chi connectivity index (χ4n) is 1.82. The van der Waals surface area contributed by atoms with Gasteiger partial charge in [-0.05, 0) is 42.5 Å². The molecule has 0 saturated carbocycles. The van der Waals surface area contributed by atoms with Gasteiger partial charge in [0.05, 0.1) is 0 Å². The van der Waals surface area contributed by atoms with E-state index in [9.17, 15) is 18.8 Å². The van der Waals surface area contributed by atoms with Gasteiger partial charge >= 0.3 is 5.97 Å². The molecule has 0 bridgehead atoms. The number of hydrogen-bond acceptors (Lipinski definition) is 4. The maximum atomic E-state index is 13.0. The number of ether oxygens (including phenoxy) is 1. The number of amides is 2. The summed E-state index contributed by atoms with van der Waals surface area (Å²) >= 11 is 3.25. The second kappa shape index (κ2) is 8.93. The minimum absolute atomic E-state index is 0.254. The molecule has 0 aliphatic heterocycles. The lowest BCUT2D eigenvalue weighted by Gasteiger charge is -2.08. The van der Waals surface area contributed by atoms with Crippen LogP contribution in [0.3, 0.4) is 0 Å². The molecule has 0 saturated heterocycles. The van der Waals surface area contributed by atoms with Gasteiger partial charge in [0.15, 0.2) is 6.61 Å². The lowest BCUT2D eigenvalue weighted by Crippen LogP contribution is -2.32. The van der Waals surface area contributed by atoms with Crippen molar-refractivity contribution in [1.29, 1.82) is 0 Å². The van der Waals surface area contributed by atoms with E-state index in [1.54, 1.807) is 24.3 Å². The smallest absolute Gasteiger partial charge is 0.325 e. The van der Waals surface area contributed by atoms with Gasteiger partial charge in [-0.2, -0.15) is 0 Å². The lowest BCUT2D eigenvalue weighted by molar-refractivity contribution is -0.146. The zero-order valence-electron chi connectivity index (χ0n) is 12.9. The van der Waals surface area contributed by atoms with Crippen molar-refractivity contribution in [3.63, 3.8) is 0 Å². The quantitative estimate of drug-likeness (QED) is 0.719. The van der Waals surface area contributed by atoms with E-state index in [1.165, 1.54) is 18.2 Å². The summed E-state index contributed by atoms with van der Waals surface area (Å²) in [6.07, 6.45) is 0. The molecule has 2 N–H and O–H groups in total. The van der Waals surface area contributed by atoms with Gasteiger partial charge in [0, 0.05) is 15.7 Å². The van der Waals surface area contributed by atoms with Gasteiger partial charge in [0.25, 0.3) is 11.8 Å². The van der Waals surface area contributed by atoms with Crippen molar-refractivity contribution in [3.8, 4) is 0 Å². The second-order valence-corrected chi connectivity index (χ2v) is 5.82. The molecule has 0 unspecified atom stereocenters. The first-order valence-electron chi connectivity index (χ1n) is 7.19. The van der Waals surface area contributed by atoms with Crippen LogP contribution in [-0.2, 0) is 14.3 Å². The third-order valence-corrected chi connectivity index (χ3v) is 3.50. The van der Waals surface area contributed by atoms with Crippen molar-refractivity contribution in [2.75, 3.05) is 18.5 Å². The number of hydrogen-bond donors (Lipinski definition) is 2. The molecule has 6 nitrogen and oxygen atoms in total. The monoisotopic (exact) mass is 408 g/mol. The van der Waals surface area contributed by atoms with E-state index >= 15 is 0 Å². The molecule has 8 heteroatoms. The molecule has 0 radical (unpaired) electrons. The summed E-state index contributed by atoms with van der Waals surface area (Å²) in [6.45, 7) is -0.911. The van der Waals surface area contributed by atoms with Gasteiger partial charge in [-0.3, -0.25) is 14.4 Å². The number of carbonyl (C=O) groups is 3. The summed E-state index contributed by atoms with van der Waals surface area (Å²) in [4.78, 5) is 35.0. The first-order chi connectivity index (χ1) is 11.9. The van der Waals surface area contributed by atoms with Crippen LogP contribution in [0.25, 0.3) is 0 Å². The van der Waals surface area contributed by atoms with Crippen molar-refractivity contribution in [3.05, 3.63) is 64.4 Å². The van der Waals surface area contributed by atoms with Crippen LogP contribution in [0.15, 0.2) is 53.0 Å². The van der Waals surface area contributed by atoms with E-state index < -0.39 is 30.2 Å². The Balaban J connectivity index is 1.72. The zero-order valence-corrected chi connectivity index (χ0v) is 14.5. The second-order valence-electron chi connectivity index (χ2n) is 4.91. The van der Waals surface area contributed by atoms with E-state index in [4.69, 9.17) is 4.74 Å². The Bertz CT molecular complexity index is 780. The van der Waals surface area contributed by atoms with Crippen molar-refractivity contribution in [1.82, 2.24) is 5.32 Å². The van der Waals surface area contributed by atoms with Crippen LogP contribution < -0.4 is 10.6 Å². The molecule has 2 aromatic rings. The van der Waals surface area contributed by atoms with E-state index in [0.29, 0.717) is 5.56 Å². The Morgan fingerprint density at radius 2 is 1.80 bits per heavy atom. The largest absolute Gasteiger partial charge is 0.454 e. The Morgan fingerprint density at radius 3 is 2.48 bits per heavy atom. The summed E-state index contributed by atoms with van der Waals surface area (Å²) in [7, 11) is 0. The minimum atomic E-state index is -0.764. The molecule has 2 rings (SSSR count). The Hall–Kier alpha value is -2.74. The predicted octanol–water partition coefficient (Wildman–Crippen LogP) is 2.50. The minimum Gasteiger partial charge on any atom is -0.454 e. The molecule has 2 aromatic carbocycles. The fourth-order valence-corrected chi connectivity index (χ4v) is 2.08. The summed E-state index contributed by atoms with van der Waals surface area (Å²) in [5, 5.41) is 4.78. The van der Waals surface area contributed by atoms with E-state index in [1.807, 2.05) is 0 Å². The summed E-state index contributed by atoms with van der Waals surface area (Å²) in [5.41, 5.74) is 0.643. The lowest BCUT2D eigenvalue weighted by atomic mass is 10.2. The number of nitrogens with one attached hydrogen (secondary N) is 2. The Kier molecular flexibility index (Phi) is 6.64. The average Bonchev–Trinajstić information content (AvgIpc) is 2.58. The molecule has 0 spiro atoms. The highest BCUT2D eigenvalue weighted by atomic mass is 79.9. The van der Waals surface area contributed by atoms with Gasteiger partial charge in [-0.25, -0.2) is 4.39 Å². The predicted molar refractivity (Wildman–Crippen MR) is 92.5 cm³/mol. The van der Waals surface area contributed by atoms with E-state index in [0.717, 1.165) is 10.5 Å². The zero-order chi connectivity index (χ0) is 18.2. The molecule has 0 fully saturated rings. The number of benzene rings is 2. The van der Waals surface area contributed by atoms with Crippen LogP contribution in [0.4, 0.5) is 10.1 Å². The molecule has 0 aromatic heterocycles. The van der Waals surface area contributed by atoms with Crippen LogP contribution in [0.5, 0.6) is 0 Å². The maximum Gasteiger partial charge on any atom is 0.325 e. The van der Waals surface area contributed by atoms with Crippen LogP contribution in [-0.4, -0.2) is 30.9 Å². The van der Waals surface area contributed by atoms with E-state index in [-0.39, 0.29) is 12.2 Å². The van der Waals surface area contributed by atoms with Gasteiger partial charge in [-0.1, -0.05) is 22.0 Å². The van der Waals surface area contributed by atoms with E-state index in [2.05, 4.69) is 26.6 Å². The molecular formula is C17H14BrFN2O4. The third-order valence-electron chi connectivity index (χ3n) is 2.97. The van der Waals surface area contributed by atoms with Gasteiger partial charge in [0.1, 0.15) is 12.4 Å². The normalized spacial score (nSPS) is 10.0. The number of anilines is 1. The maximum absolute atomic E-state index is 13.0. The van der Waals surface area contributed by atoms with Crippen LogP contribution in [0, 0.1) is 5.82 Å². The topological polar surface area (TPSA) is 84.5 Å². The first kappa shape index (κ1) is 18.6. The standard InChI is InChI=1S/C17H14BrFN2O4/c18-12-6-4-11(5-7-12)17(24)20-9-16(23)25-10-15(22)21-14-3-1-2-13(19)8-14/h1-8H,9-10H2,(H,20,24)(H,21,22). The molecular weight excluding hydrogens is 395 g/mol. The summed E-state index contributed by atoms with van der Waals surface area (Å²) in [5.74, 6) is -2.31. The summed E-state index contributed by atoms with van der Waals surface area (Å²) < 4.78 is 18.6. The molecule has 0 atom stereocenters. The van der Waals surface area contributed by atoms with Crippen molar-refractivity contribution in [2.45, 2.75) is 0 Å². The van der Waals surface area contributed by atoms with Crippen LogP contribution in [0.1, 0.15) is 10.4 Å². The number of carbonyl (C=O) groups excluding carboxylic acids is 3. The molecule has 0 aliphatic carbocycles. The fraction of sp³-hybridized carbons (Fsp3) is 0.118. The third kappa shape index (κ3) is 6.34. The van der Waals surface area contributed by atoms with Crippen LogP contribution in [0.2, 0.25) is 0 Å². The average molecular weight is 409 g/mol. The molecule has 0 heterocycles. The van der Waals surface area contributed by atoms with Crippen LogP contribution >= 0.6 is 15.9 Å². The highest BCUT2D eigenvalue weighted by molar-refractivity contribution is 9.10. The molecule has 25 heavy (non-hydrogen) atoms. The van der Waals surface area contributed by atoms with Crippen molar-refractivity contribution in [2.24, 2.45) is 0 Å². The molecule has 0 aliphatic rings. The van der Waals surface area contributed by atoms with Gasteiger partial charge in [-0.15, -0.1) is 0 Å². The first-order valence-corrected chi connectivity index (χ1v) is 7.98. The van der Waals surface area contributed by atoms with Gasteiger partial charge < -0.3 is 15.4 Å². The molecule has 2 amide bonds. The highest BCUT2D eigenvalue weighted by Gasteiger charge is 2.11. The molecule has 130 valence electrons. The SMILES string of the molecule is O=C(COC(=O)CNC(=O)c1ccc(Br)cc1)Nc1cccc(F)c1. The number of esters is 1. The Labute approximate surface area is 151 Å². The highest BCUT2D eigenvalue weighted by Crippen LogP contribution is 2.10. The Morgan fingerprint density at radius 1 is 1.08 bits per heavy atom. The summed E-state index contributed by atoms with van der Waals surface area (Å²) in [6, 6.07) is 11.9. The number of rotatable bonds is 6. The van der Waals surface area contributed by atoms with Gasteiger partial charge in [0.2, 0.25) is 0 Å².